The van der Waals surface area contributed by atoms with Crippen LogP contribution in [0, 0.1) is 0 Å². The van der Waals surface area contributed by atoms with E-state index in [2.05, 4.69) is 5.32 Å². The van der Waals surface area contributed by atoms with Gasteiger partial charge in [0.1, 0.15) is 17.2 Å². The summed E-state index contributed by atoms with van der Waals surface area (Å²) in [6, 6.07) is 14.4. The first-order chi connectivity index (χ1) is 10.7. The van der Waals surface area contributed by atoms with Crippen LogP contribution >= 0.6 is 0 Å². The zero-order valence-corrected chi connectivity index (χ0v) is 12.7. The Hall–Kier alpha value is -2.69. The molecule has 5 nitrogen and oxygen atoms in total. The fourth-order valence-corrected chi connectivity index (χ4v) is 1.88. The second-order valence-corrected chi connectivity index (χ2v) is 4.44. The minimum absolute atomic E-state index is 0.0774. The van der Waals surface area contributed by atoms with Crippen LogP contribution in [0.1, 0.15) is 6.92 Å². The highest BCUT2D eigenvalue weighted by atomic mass is 16.5. The van der Waals surface area contributed by atoms with Crippen LogP contribution in [-0.4, -0.2) is 26.2 Å². The minimum Gasteiger partial charge on any atom is -0.495 e. The Balaban J connectivity index is 1.87. The summed E-state index contributed by atoms with van der Waals surface area (Å²) in [6.45, 7) is 2.46. The summed E-state index contributed by atoms with van der Waals surface area (Å²) in [6.07, 6.45) is 0. The van der Waals surface area contributed by atoms with Gasteiger partial charge in [0.05, 0.1) is 19.4 Å². The molecule has 0 atom stereocenters. The maximum Gasteiger partial charge on any atom is 0.262 e. The van der Waals surface area contributed by atoms with E-state index in [1.165, 1.54) is 0 Å². The van der Waals surface area contributed by atoms with Gasteiger partial charge in [-0.1, -0.05) is 12.1 Å². The summed E-state index contributed by atoms with van der Waals surface area (Å²) >= 11 is 0. The number of benzene rings is 2. The molecular weight excluding hydrogens is 282 g/mol. The molecule has 0 saturated heterocycles. The van der Waals surface area contributed by atoms with Crippen LogP contribution in [-0.2, 0) is 4.79 Å². The van der Waals surface area contributed by atoms with E-state index in [-0.39, 0.29) is 12.5 Å². The van der Waals surface area contributed by atoms with Crippen molar-refractivity contribution in [1.82, 2.24) is 0 Å². The van der Waals surface area contributed by atoms with Gasteiger partial charge in [0.25, 0.3) is 5.91 Å². The minimum atomic E-state index is -0.251. The van der Waals surface area contributed by atoms with E-state index in [4.69, 9.17) is 14.2 Å². The summed E-state index contributed by atoms with van der Waals surface area (Å²) in [7, 11) is 1.56. The Bertz CT molecular complexity index is 610. The number of ether oxygens (including phenoxy) is 3. The largest absolute Gasteiger partial charge is 0.495 e. The molecule has 0 heterocycles. The summed E-state index contributed by atoms with van der Waals surface area (Å²) in [4.78, 5) is 11.9. The lowest BCUT2D eigenvalue weighted by molar-refractivity contribution is -0.118. The summed E-state index contributed by atoms with van der Waals surface area (Å²) < 4.78 is 16.0. The average Bonchev–Trinajstić information content (AvgIpc) is 2.55. The zero-order chi connectivity index (χ0) is 15.8. The van der Waals surface area contributed by atoms with Crippen LogP contribution in [0.3, 0.4) is 0 Å². The van der Waals surface area contributed by atoms with Gasteiger partial charge in [0, 0.05) is 0 Å². The molecular formula is C17H19NO4. The van der Waals surface area contributed by atoms with Crippen molar-refractivity contribution in [1.29, 1.82) is 0 Å². The molecule has 0 bridgehead atoms. The Kier molecular flexibility index (Phi) is 5.65. The molecule has 116 valence electrons. The number of methoxy groups -OCH3 is 1. The van der Waals surface area contributed by atoms with Crippen LogP contribution < -0.4 is 19.5 Å². The van der Waals surface area contributed by atoms with Crippen LogP contribution in [0.5, 0.6) is 17.2 Å². The Morgan fingerprint density at radius 3 is 2.27 bits per heavy atom. The maximum absolute atomic E-state index is 11.9. The van der Waals surface area contributed by atoms with Crippen molar-refractivity contribution >= 4 is 11.6 Å². The normalized spacial score (nSPS) is 9.91. The summed E-state index contributed by atoms with van der Waals surface area (Å²) in [5, 5.41) is 2.75. The predicted octanol–water partition coefficient (Wildman–Crippen LogP) is 3.11. The number of amides is 1. The third kappa shape index (κ3) is 4.41. The fraction of sp³-hybridized carbons (Fsp3) is 0.235. The molecule has 0 aliphatic heterocycles. The predicted molar refractivity (Wildman–Crippen MR) is 84.7 cm³/mol. The molecule has 2 rings (SSSR count). The molecule has 1 N–H and O–H groups in total. The second kappa shape index (κ2) is 7.93. The molecule has 0 aliphatic carbocycles. The quantitative estimate of drug-likeness (QED) is 0.853. The number of hydrogen-bond acceptors (Lipinski definition) is 4. The van der Waals surface area contributed by atoms with Crippen molar-refractivity contribution in [3.8, 4) is 17.2 Å². The lowest BCUT2D eigenvalue weighted by atomic mass is 10.3. The monoisotopic (exact) mass is 301 g/mol. The lowest BCUT2D eigenvalue weighted by Crippen LogP contribution is -2.20. The van der Waals surface area contributed by atoms with Crippen molar-refractivity contribution in [3.05, 3.63) is 48.5 Å². The van der Waals surface area contributed by atoms with E-state index in [0.29, 0.717) is 23.8 Å². The van der Waals surface area contributed by atoms with E-state index in [0.717, 1.165) is 5.75 Å². The SMILES string of the molecule is CCOc1ccc(OCC(=O)Nc2ccccc2OC)cc1. The number of anilines is 1. The maximum atomic E-state index is 11.9. The highest BCUT2D eigenvalue weighted by molar-refractivity contribution is 5.93. The van der Waals surface area contributed by atoms with Gasteiger partial charge in [-0.05, 0) is 43.3 Å². The first kappa shape index (κ1) is 15.7. The van der Waals surface area contributed by atoms with Crippen LogP contribution in [0.4, 0.5) is 5.69 Å². The number of rotatable bonds is 7. The van der Waals surface area contributed by atoms with Crippen molar-refractivity contribution in [2.75, 3.05) is 25.6 Å². The third-order valence-electron chi connectivity index (χ3n) is 2.89. The van der Waals surface area contributed by atoms with E-state index >= 15 is 0 Å². The third-order valence-corrected chi connectivity index (χ3v) is 2.89. The van der Waals surface area contributed by atoms with E-state index < -0.39 is 0 Å². The van der Waals surface area contributed by atoms with Crippen molar-refractivity contribution in [2.24, 2.45) is 0 Å². The van der Waals surface area contributed by atoms with Gasteiger partial charge in [-0.3, -0.25) is 4.79 Å². The van der Waals surface area contributed by atoms with Gasteiger partial charge < -0.3 is 19.5 Å². The molecule has 0 spiro atoms. The molecule has 22 heavy (non-hydrogen) atoms. The smallest absolute Gasteiger partial charge is 0.262 e. The Morgan fingerprint density at radius 1 is 1.00 bits per heavy atom. The topological polar surface area (TPSA) is 56.8 Å². The first-order valence-corrected chi connectivity index (χ1v) is 7.01. The van der Waals surface area contributed by atoms with Gasteiger partial charge in [-0.2, -0.15) is 0 Å². The van der Waals surface area contributed by atoms with Crippen molar-refractivity contribution in [2.45, 2.75) is 6.92 Å². The van der Waals surface area contributed by atoms with E-state index in [1.807, 2.05) is 19.1 Å². The summed E-state index contributed by atoms with van der Waals surface area (Å²) in [5.74, 6) is 1.74. The molecule has 5 heteroatoms. The Morgan fingerprint density at radius 2 is 1.64 bits per heavy atom. The molecule has 2 aromatic rings. The molecule has 0 aromatic heterocycles. The standard InChI is InChI=1S/C17H19NO4/c1-3-21-13-8-10-14(11-9-13)22-12-17(19)18-15-6-4-5-7-16(15)20-2/h4-11H,3,12H2,1-2H3,(H,18,19). The number of nitrogens with one attached hydrogen (secondary N) is 1. The van der Waals surface area contributed by atoms with Crippen LogP contribution in [0.2, 0.25) is 0 Å². The second-order valence-electron chi connectivity index (χ2n) is 4.44. The Labute approximate surface area is 129 Å². The van der Waals surface area contributed by atoms with Crippen LogP contribution in [0.15, 0.2) is 48.5 Å². The highest BCUT2D eigenvalue weighted by Gasteiger charge is 2.07. The van der Waals surface area contributed by atoms with Gasteiger partial charge in [0.2, 0.25) is 0 Å². The summed E-state index contributed by atoms with van der Waals surface area (Å²) in [5.41, 5.74) is 0.616. The molecule has 0 fully saturated rings. The number of carbonyl (C=O) groups excluding carboxylic acids is 1. The molecule has 0 radical (unpaired) electrons. The highest BCUT2D eigenvalue weighted by Crippen LogP contribution is 2.23. The molecule has 0 unspecified atom stereocenters. The van der Waals surface area contributed by atoms with E-state index in [1.54, 1.807) is 43.5 Å². The number of carbonyl (C=O) groups is 1. The number of hydrogen-bond donors (Lipinski definition) is 1. The zero-order valence-electron chi connectivity index (χ0n) is 12.7. The number of para-hydroxylation sites is 2. The average molecular weight is 301 g/mol. The first-order valence-electron chi connectivity index (χ1n) is 7.01. The van der Waals surface area contributed by atoms with Gasteiger partial charge in [-0.25, -0.2) is 0 Å². The van der Waals surface area contributed by atoms with E-state index in [9.17, 15) is 4.79 Å². The van der Waals surface area contributed by atoms with Gasteiger partial charge >= 0.3 is 0 Å². The van der Waals surface area contributed by atoms with Gasteiger partial charge in [-0.15, -0.1) is 0 Å². The lowest BCUT2D eigenvalue weighted by Gasteiger charge is -2.11. The molecule has 0 aliphatic rings. The molecule has 1 amide bonds. The van der Waals surface area contributed by atoms with Crippen LogP contribution in [0.25, 0.3) is 0 Å². The van der Waals surface area contributed by atoms with Crippen molar-refractivity contribution < 1.29 is 19.0 Å². The van der Waals surface area contributed by atoms with Crippen molar-refractivity contribution in [3.63, 3.8) is 0 Å². The molecule has 2 aromatic carbocycles. The molecule has 0 saturated carbocycles. The fourth-order valence-electron chi connectivity index (χ4n) is 1.88. The van der Waals surface area contributed by atoms with Gasteiger partial charge in [0.15, 0.2) is 6.61 Å².